The van der Waals surface area contributed by atoms with E-state index in [0.717, 1.165) is 24.6 Å². The number of likely N-dealkylation sites (N-methyl/N-ethyl adjacent to an activating group) is 1. The van der Waals surface area contributed by atoms with Crippen LogP contribution in [0.4, 0.5) is 0 Å². The van der Waals surface area contributed by atoms with Gasteiger partial charge in [0, 0.05) is 13.5 Å². The van der Waals surface area contributed by atoms with Gasteiger partial charge in [0.05, 0.1) is 18.8 Å². The first-order chi connectivity index (χ1) is 8.67. The van der Waals surface area contributed by atoms with Crippen molar-refractivity contribution in [2.45, 2.75) is 32.4 Å². The van der Waals surface area contributed by atoms with Crippen LogP contribution in [0.15, 0.2) is 10.6 Å². The molecule has 0 spiro atoms. The summed E-state index contributed by atoms with van der Waals surface area (Å²) in [6.07, 6.45) is 3.95. The maximum Gasteiger partial charge on any atom is 0.240 e. The molecule has 3 rings (SSSR count). The number of rotatable bonds is 3. The van der Waals surface area contributed by atoms with Crippen LogP contribution >= 0.6 is 0 Å². The average molecular weight is 249 g/mol. The van der Waals surface area contributed by atoms with E-state index in [2.05, 4.69) is 10.3 Å². The fourth-order valence-corrected chi connectivity index (χ4v) is 2.87. The number of carbonyl (C=O) groups is 1. The van der Waals surface area contributed by atoms with E-state index < -0.39 is 0 Å². The Morgan fingerprint density at radius 3 is 3.00 bits per heavy atom. The molecule has 1 aromatic heterocycles. The van der Waals surface area contributed by atoms with Gasteiger partial charge in [-0.15, -0.1) is 0 Å². The van der Waals surface area contributed by atoms with E-state index in [1.807, 2.05) is 18.9 Å². The molecule has 1 amide bonds. The number of likely N-dealkylation sites (tertiary alicyclic amines) is 1. The standard InChI is InChI=1S/C13H19N3O2/c1-8-15-5-11(18-8)7-16-6-10-3-9(10)4-12(14-2)13(16)17/h5,9-10,12,14H,3-4,6-7H2,1-2H3. The predicted molar refractivity (Wildman–Crippen MR) is 65.7 cm³/mol. The van der Waals surface area contributed by atoms with Gasteiger partial charge >= 0.3 is 0 Å². The fraction of sp³-hybridized carbons (Fsp3) is 0.692. The zero-order valence-corrected chi connectivity index (χ0v) is 10.8. The molecule has 2 heterocycles. The van der Waals surface area contributed by atoms with Crippen molar-refractivity contribution >= 4 is 5.91 Å². The molecule has 1 aromatic rings. The van der Waals surface area contributed by atoms with Gasteiger partial charge in [-0.1, -0.05) is 0 Å². The summed E-state index contributed by atoms with van der Waals surface area (Å²) in [7, 11) is 1.86. The molecule has 18 heavy (non-hydrogen) atoms. The van der Waals surface area contributed by atoms with Crippen molar-refractivity contribution in [2.24, 2.45) is 11.8 Å². The summed E-state index contributed by atoms with van der Waals surface area (Å²) in [5, 5.41) is 3.13. The van der Waals surface area contributed by atoms with Gasteiger partial charge in [-0.25, -0.2) is 4.98 Å². The molecule has 2 aliphatic rings. The number of amides is 1. The molecular formula is C13H19N3O2. The van der Waals surface area contributed by atoms with Gasteiger partial charge in [0.25, 0.3) is 0 Å². The largest absolute Gasteiger partial charge is 0.444 e. The van der Waals surface area contributed by atoms with E-state index in [4.69, 9.17) is 4.42 Å². The highest BCUT2D eigenvalue weighted by atomic mass is 16.4. The molecule has 0 bridgehead atoms. The molecule has 3 unspecified atom stereocenters. The molecule has 0 aromatic carbocycles. The number of aryl methyl sites for hydroxylation is 1. The summed E-state index contributed by atoms with van der Waals surface area (Å²) >= 11 is 0. The maximum atomic E-state index is 12.4. The van der Waals surface area contributed by atoms with Crippen molar-refractivity contribution in [1.82, 2.24) is 15.2 Å². The molecule has 1 aliphatic heterocycles. The van der Waals surface area contributed by atoms with E-state index in [1.165, 1.54) is 6.42 Å². The molecule has 5 nitrogen and oxygen atoms in total. The molecule has 2 fully saturated rings. The highest BCUT2D eigenvalue weighted by molar-refractivity contribution is 5.82. The van der Waals surface area contributed by atoms with Crippen LogP contribution in [0, 0.1) is 18.8 Å². The van der Waals surface area contributed by atoms with Gasteiger partial charge in [-0.2, -0.15) is 0 Å². The third-order valence-corrected chi connectivity index (χ3v) is 4.04. The van der Waals surface area contributed by atoms with Crippen LogP contribution in [0.2, 0.25) is 0 Å². The zero-order valence-electron chi connectivity index (χ0n) is 10.8. The summed E-state index contributed by atoms with van der Waals surface area (Å²) in [6, 6.07) is -0.0356. The van der Waals surface area contributed by atoms with Crippen LogP contribution < -0.4 is 5.32 Å². The van der Waals surface area contributed by atoms with Crippen LogP contribution in [0.5, 0.6) is 0 Å². The number of hydrogen-bond donors (Lipinski definition) is 1. The van der Waals surface area contributed by atoms with E-state index in [1.54, 1.807) is 6.20 Å². The monoisotopic (exact) mass is 249 g/mol. The summed E-state index contributed by atoms with van der Waals surface area (Å²) in [4.78, 5) is 18.3. The van der Waals surface area contributed by atoms with Gasteiger partial charge in [-0.3, -0.25) is 4.79 Å². The quantitative estimate of drug-likeness (QED) is 0.866. The first-order valence-corrected chi connectivity index (χ1v) is 6.54. The van der Waals surface area contributed by atoms with E-state index in [0.29, 0.717) is 18.4 Å². The molecule has 5 heteroatoms. The SMILES string of the molecule is CNC1CC2CC2CN(Cc2cnc(C)o2)C1=O. The minimum absolute atomic E-state index is 0.0356. The highest BCUT2D eigenvalue weighted by Gasteiger charge is 2.45. The number of oxazole rings is 1. The van der Waals surface area contributed by atoms with Gasteiger partial charge in [-0.05, 0) is 31.7 Å². The lowest BCUT2D eigenvalue weighted by molar-refractivity contribution is -0.134. The Labute approximate surface area is 107 Å². The highest BCUT2D eigenvalue weighted by Crippen LogP contribution is 2.44. The first kappa shape index (κ1) is 11.7. The Morgan fingerprint density at radius 2 is 2.33 bits per heavy atom. The number of nitrogens with zero attached hydrogens (tertiary/aromatic N) is 2. The normalized spacial score (nSPS) is 31.1. The van der Waals surface area contributed by atoms with Crippen molar-refractivity contribution in [3.8, 4) is 0 Å². The Bertz CT molecular complexity index is 457. The molecule has 3 atom stereocenters. The summed E-state index contributed by atoms with van der Waals surface area (Å²) < 4.78 is 5.47. The molecule has 1 N–H and O–H groups in total. The van der Waals surface area contributed by atoms with Gasteiger partial charge < -0.3 is 14.6 Å². The molecule has 0 radical (unpaired) electrons. The third-order valence-electron chi connectivity index (χ3n) is 4.04. The number of nitrogens with one attached hydrogen (secondary N) is 1. The van der Waals surface area contributed by atoms with E-state index >= 15 is 0 Å². The fourth-order valence-electron chi connectivity index (χ4n) is 2.87. The average Bonchev–Trinajstić information content (AvgIpc) is 2.97. The Kier molecular flexibility index (Phi) is 2.86. The Morgan fingerprint density at radius 1 is 1.50 bits per heavy atom. The smallest absolute Gasteiger partial charge is 0.240 e. The van der Waals surface area contributed by atoms with Crippen molar-refractivity contribution < 1.29 is 9.21 Å². The number of carbonyl (C=O) groups excluding carboxylic acids is 1. The molecule has 98 valence electrons. The Balaban J connectivity index is 1.74. The van der Waals surface area contributed by atoms with Crippen molar-refractivity contribution in [3.63, 3.8) is 0 Å². The second kappa shape index (κ2) is 4.39. The van der Waals surface area contributed by atoms with E-state index in [-0.39, 0.29) is 11.9 Å². The third kappa shape index (κ3) is 2.14. The molecule has 1 aliphatic carbocycles. The van der Waals surface area contributed by atoms with Gasteiger partial charge in [0.15, 0.2) is 5.89 Å². The van der Waals surface area contributed by atoms with Gasteiger partial charge in [0.2, 0.25) is 5.91 Å². The van der Waals surface area contributed by atoms with Crippen LogP contribution in [-0.2, 0) is 11.3 Å². The van der Waals surface area contributed by atoms with Crippen molar-refractivity contribution in [1.29, 1.82) is 0 Å². The second-order valence-electron chi connectivity index (χ2n) is 5.40. The minimum atomic E-state index is -0.0356. The maximum absolute atomic E-state index is 12.4. The lowest BCUT2D eigenvalue weighted by Gasteiger charge is -2.24. The molecule has 1 saturated carbocycles. The topological polar surface area (TPSA) is 58.4 Å². The first-order valence-electron chi connectivity index (χ1n) is 6.54. The van der Waals surface area contributed by atoms with Crippen molar-refractivity contribution in [3.05, 3.63) is 17.8 Å². The summed E-state index contributed by atoms with van der Waals surface area (Å²) in [5.74, 6) is 3.04. The van der Waals surface area contributed by atoms with Gasteiger partial charge in [0.1, 0.15) is 5.76 Å². The number of aromatic nitrogens is 1. The minimum Gasteiger partial charge on any atom is -0.444 e. The summed E-state index contributed by atoms with van der Waals surface area (Å²) in [5.41, 5.74) is 0. The number of fused-ring (bicyclic) bond motifs is 1. The van der Waals surface area contributed by atoms with Crippen LogP contribution in [0.3, 0.4) is 0 Å². The lowest BCUT2D eigenvalue weighted by atomic mass is 10.1. The molecule has 1 saturated heterocycles. The predicted octanol–water partition coefficient (Wildman–Crippen LogP) is 0.939. The summed E-state index contributed by atoms with van der Waals surface area (Å²) in [6.45, 7) is 3.23. The Hall–Kier alpha value is -1.36. The zero-order chi connectivity index (χ0) is 12.7. The number of hydrogen-bond acceptors (Lipinski definition) is 4. The van der Waals surface area contributed by atoms with Crippen LogP contribution in [-0.4, -0.2) is 35.4 Å². The van der Waals surface area contributed by atoms with Crippen LogP contribution in [0.1, 0.15) is 24.5 Å². The van der Waals surface area contributed by atoms with Crippen LogP contribution in [0.25, 0.3) is 0 Å². The lowest BCUT2D eigenvalue weighted by Crippen LogP contribution is -2.44. The van der Waals surface area contributed by atoms with E-state index in [9.17, 15) is 4.79 Å². The van der Waals surface area contributed by atoms with Crippen molar-refractivity contribution in [2.75, 3.05) is 13.6 Å². The molecular weight excluding hydrogens is 230 g/mol. The second-order valence-corrected chi connectivity index (χ2v) is 5.40.